The van der Waals surface area contributed by atoms with E-state index in [0.717, 1.165) is 28.4 Å². The molecule has 0 spiro atoms. The Morgan fingerprint density at radius 2 is 1.57 bits per heavy atom. The van der Waals surface area contributed by atoms with Crippen molar-refractivity contribution < 1.29 is 27.5 Å². The quantitative estimate of drug-likeness (QED) is 0.219. The standard InChI is InChI=1S/C31H22F3N3O3/c1-18(38)36-17-24(22-11-4-5-12-26(22)36)28-29-23(15-25(35-28)30(39)40-2)21-10-3-6-13-27(21)37(29)16-19-8-7-9-20(14-19)31(32,33)34/h3-15,17H,16H2,1-2H3. The molecule has 3 aromatic heterocycles. The number of halogens is 3. The number of hydrogen-bond donors (Lipinski definition) is 0. The molecule has 3 aromatic carbocycles. The molecule has 9 heteroatoms. The van der Waals surface area contributed by atoms with Crippen LogP contribution in [0, 0.1) is 0 Å². The first-order valence-electron chi connectivity index (χ1n) is 12.4. The van der Waals surface area contributed by atoms with E-state index in [4.69, 9.17) is 9.72 Å². The normalized spacial score (nSPS) is 11.9. The second kappa shape index (κ2) is 9.37. The molecule has 0 aliphatic carbocycles. The fraction of sp³-hybridized carbons (Fsp3) is 0.129. The van der Waals surface area contributed by atoms with Crippen molar-refractivity contribution in [3.63, 3.8) is 0 Å². The van der Waals surface area contributed by atoms with Crippen LogP contribution in [-0.4, -0.2) is 33.1 Å². The fourth-order valence-corrected chi connectivity index (χ4v) is 5.29. The van der Waals surface area contributed by atoms with Gasteiger partial charge in [0.25, 0.3) is 0 Å². The summed E-state index contributed by atoms with van der Waals surface area (Å²) >= 11 is 0. The summed E-state index contributed by atoms with van der Waals surface area (Å²) in [6.45, 7) is 1.57. The molecule has 0 N–H and O–H groups in total. The Morgan fingerprint density at radius 1 is 0.875 bits per heavy atom. The molecule has 200 valence electrons. The van der Waals surface area contributed by atoms with Gasteiger partial charge in [-0.3, -0.25) is 9.36 Å². The molecule has 3 heterocycles. The summed E-state index contributed by atoms with van der Waals surface area (Å²) in [5, 5.41) is 2.23. The Labute approximate surface area is 226 Å². The van der Waals surface area contributed by atoms with Gasteiger partial charge >= 0.3 is 12.1 Å². The Kier molecular flexibility index (Phi) is 5.94. The lowest BCUT2D eigenvalue weighted by atomic mass is 10.1. The topological polar surface area (TPSA) is 66.1 Å². The minimum Gasteiger partial charge on any atom is -0.464 e. The molecule has 0 saturated heterocycles. The van der Waals surface area contributed by atoms with E-state index in [1.54, 1.807) is 18.3 Å². The molecule has 40 heavy (non-hydrogen) atoms. The predicted molar refractivity (Wildman–Crippen MR) is 146 cm³/mol. The number of carbonyl (C=O) groups excluding carboxylic acids is 2. The van der Waals surface area contributed by atoms with Crippen molar-refractivity contribution in [3.05, 3.63) is 102 Å². The highest BCUT2D eigenvalue weighted by Gasteiger charge is 2.30. The summed E-state index contributed by atoms with van der Waals surface area (Å²) in [5.41, 5.74) is 2.86. The van der Waals surface area contributed by atoms with Crippen LogP contribution in [0.25, 0.3) is 44.0 Å². The molecule has 0 radical (unpaired) electrons. The van der Waals surface area contributed by atoms with Gasteiger partial charge in [-0.25, -0.2) is 9.78 Å². The van der Waals surface area contributed by atoms with Gasteiger partial charge in [0.15, 0.2) is 0 Å². The molecule has 0 unspecified atom stereocenters. The van der Waals surface area contributed by atoms with E-state index in [-0.39, 0.29) is 18.1 Å². The van der Waals surface area contributed by atoms with Crippen molar-refractivity contribution >= 4 is 44.6 Å². The van der Waals surface area contributed by atoms with Crippen LogP contribution < -0.4 is 0 Å². The van der Waals surface area contributed by atoms with Crippen LogP contribution in [0.15, 0.2) is 85.1 Å². The lowest BCUT2D eigenvalue weighted by molar-refractivity contribution is -0.137. The molecule has 0 atom stereocenters. The number of para-hydroxylation sites is 2. The maximum absolute atomic E-state index is 13.5. The summed E-state index contributed by atoms with van der Waals surface area (Å²) in [6.07, 6.45) is -2.80. The number of esters is 1. The van der Waals surface area contributed by atoms with Gasteiger partial charge in [0.05, 0.1) is 29.4 Å². The van der Waals surface area contributed by atoms with Crippen molar-refractivity contribution in [1.29, 1.82) is 0 Å². The zero-order valence-corrected chi connectivity index (χ0v) is 21.5. The van der Waals surface area contributed by atoms with E-state index in [0.29, 0.717) is 33.2 Å². The third kappa shape index (κ3) is 4.10. The van der Waals surface area contributed by atoms with E-state index in [1.165, 1.54) is 24.7 Å². The average Bonchev–Trinajstić information content (AvgIpc) is 3.49. The third-order valence-electron chi connectivity index (χ3n) is 7.04. The van der Waals surface area contributed by atoms with Crippen molar-refractivity contribution in [3.8, 4) is 11.3 Å². The number of nitrogens with zero attached hydrogens (tertiary/aromatic N) is 3. The molecule has 0 saturated carbocycles. The average molecular weight is 542 g/mol. The zero-order valence-electron chi connectivity index (χ0n) is 21.5. The number of rotatable bonds is 4. The van der Waals surface area contributed by atoms with E-state index >= 15 is 0 Å². The maximum Gasteiger partial charge on any atom is 0.416 e. The second-order valence-electron chi connectivity index (χ2n) is 9.49. The van der Waals surface area contributed by atoms with Crippen molar-refractivity contribution in [1.82, 2.24) is 14.1 Å². The van der Waals surface area contributed by atoms with Gasteiger partial charge < -0.3 is 9.30 Å². The summed E-state index contributed by atoms with van der Waals surface area (Å²) in [4.78, 5) is 30.0. The van der Waals surface area contributed by atoms with Crippen LogP contribution in [0.1, 0.15) is 33.3 Å². The van der Waals surface area contributed by atoms with Crippen molar-refractivity contribution in [2.75, 3.05) is 7.11 Å². The second-order valence-corrected chi connectivity index (χ2v) is 9.49. The van der Waals surface area contributed by atoms with Crippen LogP contribution in [0.5, 0.6) is 0 Å². The first-order chi connectivity index (χ1) is 19.2. The molecule has 0 aliphatic heterocycles. The van der Waals surface area contributed by atoms with Crippen LogP contribution in [0.4, 0.5) is 13.2 Å². The number of fused-ring (bicyclic) bond motifs is 4. The van der Waals surface area contributed by atoms with E-state index < -0.39 is 17.7 Å². The van der Waals surface area contributed by atoms with Crippen LogP contribution in [0.3, 0.4) is 0 Å². The van der Waals surface area contributed by atoms with E-state index in [1.807, 2.05) is 53.1 Å². The third-order valence-corrected chi connectivity index (χ3v) is 7.04. The summed E-state index contributed by atoms with van der Waals surface area (Å²) in [7, 11) is 1.27. The molecule has 0 bridgehead atoms. The zero-order chi connectivity index (χ0) is 28.2. The Morgan fingerprint density at radius 3 is 2.27 bits per heavy atom. The van der Waals surface area contributed by atoms with Crippen LogP contribution in [-0.2, 0) is 17.5 Å². The SMILES string of the molecule is COC(=O)c1cc2c3ccccc3n(Cc3cccc(C(F)(F)F)c3)c2c(-c2cn(C(C)=O)c3ccccc23)n1. The van der Waals surface area contributed by atoms with Gasteiger partial charge in [-0.1, -0.05) is 48.5 Å². The highest BCUT2D eigenvalue weighted by Crippen LogP contribution is 2.39. The van der Waals surface area contributed by atoms with Gasteiger partial charge in [0.2, 0.25) is 5.91 Å². The highest BCUT2D eigenvalue weighted by molar-refractivity contribution is 6.16. The molecule has 6 nitrogen and oxygen atoms in total. The number of ether oxygens (including phenoxy) is 1. The molecule has 6 aromatic rings. The van der Waals surface area contributed by atoms with Crippen LogP contribution >= 0.6 is 0 Å². The maximum atomic E-state index is 13.5. The smallest absolute Gasteiger partial charge is 0.416 e. The molecular weight excluding hydrogens is 519 g/mol. The van der Waals surface area contributed by atoms with E-state index in [9.17, 15) is 22.8 Å². The number of aromatic nitrogens is 3. The Bertz CT molecular complexity index is 1970. The molecule has 6 rings (SSSR count). The first kappa shape index (κ1) is 25.4. The first-order valence-corrected chi connectivity index (χ1v) is 12.4. The van der Waals surface area contributed by atoms with Gasteiger partial charge in [0.1, 0.15) is 5.69 Å². The van der Waals surface area contributed by atoms with Gasteiger partial charge in [-0.05, 0) is 35.9 Å². The van der Waals surface area contributed by atoms with Gasteiger partial charge in [-0.15, -0.1) is 0 Å². The summed E-state index contributed by atoms with van der Waals surface area (Å²) in [5.74, 6) is -0.833. The fourth-order valence-electron chi connectivity index (χ4n) is 5.29. The minimum absolute atomic E-state index is 0.0756. The van der Waals surface area contributed by atoms with Crippen molar-refractivity contribution in [2.45, 2.75) is 19.6 Å². The van der Waals surface area contributed by atoms with Gasteiger partial charge in [-0.2, -0.15) is 13.2 Å². The van der Waals surface area contributed by atoms with Gasteiger partial charge in [0, 0.05) is 46.9 Å². The number of pyridine rings is 1. The number of carbonyl (C=O) groups is 2. The molecule has 0 amide bonds. The highest BCUT2D eigenvalue weighted by atomic mass is 19.4. The largest absolute Gasteiger partial charge is 0.464 e. The molecule has 0 aliphatic rings. The number of methoxy groups -OCH3 is 1. The molecular formula is C31H22F3N3O3. The lowest BCUT2D eigenvalue weighted by Crippen LogP contribution is -2.08. The number of hydrogen-bond acceptors (Lipinski definition) is 4. The Hall–Kier alpha value is -4.92. The summed E-state index contributed by atoms with van der Waals surface area (Å²) in [6, 6.07) is 21.7. The molecule has 0 fully saturated rings. The summed E-state index contributed by atoms with van der Waals surface area (Å²) < 4.78 is 49.0. The van der Waals surface area contributed by atoms with Crippen LogP contribution in [0.2, 0.25) is 0 Å². The van der Waals surface area contributed by atoms with Crippen molar-refractivity contribution in [2.24, 2.45) is 0 Å². The minimum atomic E-state index is -4.48. The lowest BCUT2D eigenvalue weighted by Gasteiger charge is -2.13. The number of benzene rings is 3. The Balaban J connectivity index is 1.72. The van der Waals surface area contributed by atoms with E-state index in [2.05, 4.69) is 0 Å². The number of alkyl halides is 3. The monoisotopic (exact) mass is 541 g/mol. The predicted octanol–water partition coefficient (Wildman–Crippen LogP) is 7.33.